The first-order valence-electron chi connectivity index (χ1n) is 14.3. The number of terminal acetylenes is 1. The van der Waals surface area contributed by atoms with Crippen molar-refractivity contribution in [1.82, 2.24) is 15.0 Å². The molecule has 2 atom stereocenters. The number of anilines is 2. The molecule has 3 fully saturated rings. The number of pyridine rings is 1. The van der Waals surface area contributed by atoms with Crippen molar-refractivity contribution in [3.63, 3.8) is 0 Å². The summed E-state index contributed by atoms with van der Waals surface area (Å²) in [4.78, 5) is 18.4. The highest BCUT2D eigenvalue weighted by atomic mass is 19.1. The molecule has 2 bridgehead atoms. The van der Waals surface area contributed by atoms with Gasteiger partial charge in [0.1, 0.15) is 22.8 Å². The molecule has 3 saturated heterocycles. The van der Waals surface area contributed by atoms with Crippen molar-refractivity contribution < 1.29 is 23.4 Å². The highest BCUT2D eigenvalue weighted by Crippen LogP contribution is 2.40. The summed E-state index contributed by atoms with van der Waals surface area (Å²) in [5.74, 6) is 2.21. The average molecular weight is 572 g/mol. The van der Waals surface area contributed by atoms with Crippen LogP contribution in [-0.4, -0.2) is 71.7 Å². The second-order valence-corrected chi connectivity index (χ2v) is 11.7. The number of hydrogen-bond donors (Lipinski definition) is 1. The molecule has 216 valence electrons. The zero-order valence-corrected chi connectivity index (χ0v) is 23.5. The fraction of sp³-hybridized carbons (Fsp3) is 0.406. The molecule has 4 aromatic rings. The van der Waals surface area contributed by atoms with E-state index >= 15 is 4.39 Å². The second kappa shape index (κ2) is 10.1. The SMILES string of the molecule is C#Cc1c(F)ccc2cc(C(C)(C)O)cc(-c3ncc4c(N5C[C@H]6CC[C@@H](C5)O6)nc(N5CCOCC5)nc4c3F)c12. The average Bonchev–Trinajstić information content (AvgIpc) is 3.33. The van der Waals surface area contributed by atoms with Crippen molar-refractivity contribution in [2.24, 2.45) is 0 Å². The molecule has 0 unspecified atom stereocenters. The molecule has 8 nitrogen and oxygen atoms in total. The van der Waals surface area contributed by atoms with Gasteiger partial charge in [0.25, 0.3) is 0 Å². The zero-order chi connectivity index (χ0) is 29.2. The van der Waals surface area contributed by atoms with E-state index in [1.807, 2.05) is 4.90 Å². The number of rotatable bonds is 4. The number of ether oxygens (including phenoxy) is 2. The fourth-order valence-electron chi connectivity index (χ4n) is 6.27. The number of nitrogens with zero attached hydrogens (tertiary/aromatic N) is 5. The Morgan fingerprint density at radius 2 is 1.79 bits per heavy atom. The second-order valence-electron chi connectivity index (χ2n) is 11.7. The van der Waals surface area contributed by atoms with Gasteiger partial charge in [-0.2, -0.15) is 4.98 Å². The lowest BCUT2D eigenvalue weighted by atomic mass is 9.89. The first kappa shape index (κ1) is 27.0. The van der Waals surface area contributed by atoms with Gasteiger partial charge in [0.05, 0.1) is 42.0 Å². The van der Waals surface area contributed by atoms with Crippen LogP contribution in [0.1, 0.15) is 37.8 Å². The van der Waals surface area contributed by atoms with Crippen LogP contribution >= 0.6 is 0 Å². The number of benzene rings is 2. The van der Waals surface area contributed by atoms with E-state index in [2.05, 4.69) is 15.8 Å². The predicted octanol–water partition coefficient (Wildman–Crippen LogP) is 4.54. The number of hydrogen-bond acceptors (Lipinski definition) is 8. The summed E-state index contributed by atoms with van der Waals surface area (Å²) in [5.41, 5.74) is -0.357. The van der Waals surface area contributed by atoms with Crippen LogP contribution in [0.15, 0.2) is 30.5 Å². The van der Waals surface area contributed by atoms with Crippen molar-refractivity contribution in [2.75, 3.05) is 49.2 Å². The highest BCUT2D eigenvalue weighted by Gasteiger charge is 2.36. The molecule has 3 aliphatic heterocycles. The van der Waals surface area contributed by atoms with E-state index in [4.69, 9.17) is 25.9 Å². The van der Waals surface area contributed by atoms with Gasteiger partial charge in [0.2, 0.25) is 5.95 Å². The molecule has 0 radical (unpaired) electrons. The van der Waals surface area contributed by atoms with Crippen molar-refractivity contribution >= 4 is 33.4 Å². The normalized spacial score (nSPS) is 20.9. The van der Waals surface area contributed by atoms with E-state index in [0.29, 0.717) is 72.9 Å². The summed E-state index contributed by atoms with van der Waals surface area (Å²) in [5, 5.41) is 12.3. The lowest BCUT2D eigenvalue weighted by Crippen LogP contribution is -2.43. The number of fused-ring (bicyclic) bond motifs is 4. The van der Waals surface area contributed by atoms with Crippen LogP contribution in [0.25, 0.3) is 32.9 Å². The van der Waals surface area contributed by atoms with Crippen LogP contribution < -0.4 is 9.80 Å². The van der Waals surface area contributed by atoms with E-state index in [1.54, 1.807) is 38.2 Å². The Labute approximate surface area is 242 Å². The van der Waals surface area contributed by atoms with Crippen LogP contribution in [0.3, 0.4) is 0 Å². The monoisotopic (exact) mass is 571 g/mol. The largest absolute Gasteiger partial charge is 0.386 e. The minimum atomic E-state index is -1.25. The van der Waals surface area contributed by atoms with Gasteiger partial charge in [-0.05, 0) is 55.8 Å². The van der Waals surface area contributed by atoms with Gasteiger partial charge in [-0.3, -0.25) is 4.98 Å². The standard InChI is InChI=1S/C32H31F2N5O3/c1-4-22-25(33)8-5-18-13-19(32(2,3)40)14-23(26(18)22)28-27(34)29-24(15-35-28)30(39-16-20-6-7-21(17-39)42-20)37-31(36-29)38-9-11-41-12-10-38/h1,5,8,13-15,20-21,40H,6-7,9-12,16-17H2,2-3H3/t20-,21+. The van der Waals surface area contributed by atoms with E-state index < -0.39 is 17.2 Å². The summed E-state index contributed by atoms with van der Waals surface area (Å²) < 4.78 is 43.4. The lowest BCUT2D eigenvalue weighted by Gasteiger charge is -2.34. The fourth-order valence-corrected chi connectivity index (χ4v) is 6.27. The predicted molar refractivity (Wildman–Crippen MR) is 157 cm³/mol. The third kappa shape index (κ3) is 4.53. The zero-order valence-electron chi connectivity index (χ0n) is 23.5. The van der Waals surface area contributed by atoms with Gasteiger partial charge >= 0.3 is 0 Å². The lowest BCUT2D eigenvalue weighted by molar-refractivity contribution is 0.0303. The highest BCUT2D eigenvalue weighted by molar-refractivity contribution is 6.02. The number of morpholine rings is 2. The Kier molecular flexibility index (Phi) is 6.50. The molecule has 0 aliphatic carbocycles. The summed E-state index contributed by atoms with van der Waals surface area (Å²) in [6.07, 6.45) is 9.50. The number of aliphatic hydroxyl groups is 1. The van der Waals surface area contributed by atoms with Crippen LogP contribution in [0.2, 0.25) is 0 Å². The van der Waals surface area contributed by atoms with Crippen LogP contribution in [-0.2, 0) is 15.1 Å². The Morgan fingerprint density at radius 1 is 1.05 bits per heavy atom. The first-order valence-corrected chi connectivity index (χ1v) is 14.3. The molecule has 1 N–H and O–H groups in total. The Bertz CT molecular complexity index is 1750. The molecule has 5 heterocycles. The van der Waals surface area contributed by atoms with Crippen molar-refractivity contribution in [2.45, 2.75) is 44.5 Å². The molecule has 0 spiro atoms. The first-order chi connectivity index (χ1) is 20.2. The molecule has 2 aromatic carbocycles. The van der Waals surface area contributed by atoms with E-state index in [1.165, 1.54) is 6.07 Å². The smallest absolute Gasteiger partial charge is 0.228 e. The maximum atomic E-state index is 16.9. The Balaban J connectivity index is 1.48. The molecule has 42 heavy (non-hydrogen) atoms. The third-order valence-corrected chi connectivity index (χ3v) is 8.46. The molecular weight excluding hydrogens is 540 g/mol. The van der Waals surface area contributed by atoms with Gasteiger partial charge in [0.15, 0.2) is 5.82 Å². The van der Waals surface area contributed by atoms with Gasteiger partial charge in [-0.15, -0.1) is 6.42 Å². The van der Waals surface area contributed by atoms with E-state index in [-0.39, 0.29) is 34.5 Å². The van der Waals surface area contributed by atoms with Crippen molar-refractivity contribution in [3.05, 3.63) is 53.2 Å². The van der Waals surface area contributed by atoms with Crippen molar-refractivity contribution in [1.29, 1.82) is 0 Å². The Hall–Kier alpha value is -3.91. The van der Waals surface area contributed by atoms with E-state index in [0.717, 1.165) is 12.8 Å². The number of aromatic nitrogens is 3. The molecule has 0 saturated carbocycles. The summed E-state index contributed by atoms with van der Waals surface area (Å²) in [6, 6.07) is 6.22. The van der Waals surface area contributed by atoms with Crippen LogP contribution in [0, 0.1) is 24.0 Å². The topological polar surface area (TPSA) is 83.8 Å². The van der Waals surface area contributed by atoms with Gasteiger partial charge in [0, 0.05) is 43.3 Å². The van der Waals surface area contributed by atoms with Crippen LogP contribution in [0.4, 0.5) is 20.5 Å². The van der Waals surface area contributed by atoms with E-state index in [9.17, 15) is 9.50 Å². The molecule has 0 amide bonds. The van der Waals surface area contributed by atoms with Gasteiger partial charge in [-0.1, -0.05) is 12.0 Å². The Morgan fingerprint density at radius 3 is 2.48 bits per heavy atom. The molecule has 7 rings (SSSR count). The maximum Gasteiger partial charge on any atom is 0.228 e. The minimum Gasteiger partial charge on any atom is -0.386 e. The molecule has 3 aliphatic rings. The summed E-state index contributed by atoms with van der Waals surface area (Å²) in [6.45, 7) is 6.80. The van der Waals surface area contributed by atoms with Crippen LogP contribution in [0.5, 0.6) is 0 Å². The third-order valence-electron chi connectivity index (χ3n) is 8.46. The molecular formula is C32H31F2N5O3. The van der Waals surface area contributed by atoms with Gasteiger partial charge < -0.3 is 24.4 Å². The summed E-state index contributed by atoms with van der Waals surface area (Å²) >= 11 is 0. The molecule has 2 aromatic heterocycles. The van der Waals surface area contributed by atoms with Gasteiger partial charge in [-0.25, -0.2) is 13.8 Å². The van der Waals surface area contributed by atoms with Crippen molar-refractivity contribution in [3.8, 4) is 23.6 Å². The quantitative estimate of drug-likeness (QED) is 0.358. The minimum absolute atomic E-state index is 0.00673. The molecule has 10 heteroatoms. The number of halogens is 2. The summed E-state index contributed by atoms with van der Waals surface area (Å²) in [7, 11) is 0. The maximum absolute atomic E-state index is 16.9.